The number of halogens is 1. The van der Waals surface area contributed by atoms with Gasteiger partial charge < -0.3 is 9.47 Å². The van der Waals surface area contributed by atoms with Crippen LogP contribution < -0.4 is 4.74 Å². The van der Waals surface area contributed by atoms with Gasteiger partial charge in [0.15, 0.2) is 5.78 Å². The van der Waals surface area contributed by atoms with Gasteiger partial charge in [-0.15, -0.1) is 0 Å². The standard InChI is InChI=1S/C14H17BrO3/c1-17-14-7-4-10(9-12(14)15)13(16)6-5-11-3-2-8-18-11/h4,7,9,11H,2-3,5-6,8H2,1H3. The number of carbonyl (C=O) groups excluding carboxylic acids is 1. The smallest absolute Gasteiger partial charge is 0.163 e. The van der Waals surface area contributed by atoms with Gasteiger partial charge in [-0.2, -0.15) is 0 Å². The average molecular weight is 313 g/mol. The summed E-state index contributed by atoms with van der Waals surface area (Å²) in [5.41, 5.74) is 0.723. The van der Waals surface area contributed by atoms with Crippen molar-refractivity contribution in [1.29, 1.82) is 0 Å². The number of hydrogen-bond donors (Lipinski definition) is 0. The van der Waals surface area contributed by atoms with Crippen molar-refractivity contribution in [3.8, 4) is 5.75 Å². The largest absolute Gasteiger partial charge is 0.496 e. The van der Waals surface area contributed by atoms with Gasteiger partial charge in [0.2, 0.25) is 0 Å². The van der Waals surface area contributed by atoms with Crippen LogP contribution in [0.4, 0.5) is 0 Å². The Balaban J connectivity index is 1.93. The molecule has 1 fully saturated rings. The molecule has 0 spiro atoms. The summed E-state index contributed by atoms with van der Waals surface area (Å²) in [6.45, 7) is 0.840. The first-order valence-electron chi connectivity index (χ1n) is 6.19. The van der Waals surface area contributed by atoms with Gasteiger partial charge in [0, 0.05) is 18.6 Å². The molecule has 0 aliphatic carbocycles. The summed E-state index contributed by atoms with van der Waals surface area (Å²) in [6, 6.07) is 5.43. The van der Waals surface area contributed by atoms with E-state index in [1.54, 1.807) is 13.2 Å². The molecule has 0 radical (unpaired) electrons. The maximum absolute atomic E-state index is 12.0. The van der Waals surface area contributed by atoms with Crippen LogP contribution in [0.25, 0.3) is 0 Å². The van der Waals surface area contributed by atoms with E-state index in [1.807, 2.05) is 12.1 Å². The van der Waals surface area contributed by atoms with Crippen molar-refractivity contribution in [2.45, 2.75) is 31.8 Å². The molecule has 1 unspecified atom stereocenters. The highest BCUT2D eigenvalue weighted by atomic mass is 79.9. The first-order valence-corrected chi connectivity index (χ1v) is 6.98. The molecule has 1 aromatic carbocycles. The third kappa shape index (κ3) is 3.33. The second-order valence-electron chi connectivity index (χ2n) is 4.45. The van der Waals surface area contributed by atoms with E-state index in [0.29, 0.717) is 6.42 Å². The van der Waals surface area contributed by atoms with Crippen molar-refractivity contribution in [2.24, 2.45) is 0 Å². The third-order valence-electron chi connectivity index (χ3n) is 3.19. The van der Waals surface area contributed by atoms with Gasteiger partial charge in [-0.25, -0.2) is 0 Å². The van der Waals surface area contributed by atoms with E-state index in [1.165, 1.54) is 0 Å². The fourth-order valence-electron chi connectivity index (χ4n) is 2.15. The molecular formula is C14H17BrO3. The fraction of sp³-hybridized carbons (Fsp3) is 0.500. The van der Waals surface area contributed by atoms with Gasteiger partial charge in [-0.3, -0.25) is 4.79 Å². The van der Waals surface area contributed by atoms with Crippen LogP contribution >= 0.6 is 15.9 Å². The molecule has 0 aromatic heterocycles. The van der Waals surface area contributed by atoms with Gasteiger partial charge in [0.25, 0.3) is 0 Å². The number of benzene rings is 1. The highest BCUT2D eigenvalue weighted by Crippen LogP contribution is 2.26. The number of hydrogen-bond acceptors (Lipinski definition) is 3. The summed E-state index contributed by atoms with van der Waals surface area (Å²) in [5.74, 6) is 0.902. The molecule has 0 saturated carbocycles. The zero-order valence-electron chi connectivity index (χ0n) is 10.4. The Morgan fingerprint density at radius 2 is 2.39 bits per heavy atom. The van der Waals surface area contributed by atoms with E-state index < -0.39 is 0 Å². The van der Waals surface area contributed by atoms with E-state index in [9.17, 15) is 4.79 Å². The van der Waals surface area contributed by atoms with Crippen LogP contribution in [0.2, 0.25) is 0 Å². The molecule has 1 aliphatic heterocycles. The van der Waals surface area contributed by atoms with Gasteiger partial charge in [0.05, 0.1) is 17.7 Å². The molecule has 1 aliphatic rings. The second kappa shape index (κ2) is 6.34. The number of ketones is 1. The Hall–Kier alpha value is -0.870. The minimum absolute atomic E-state index is 0.161. The van der Waals surface area contributed by atoms with E-state index in [-0.39, 0.29) is 11.9 Å². The number of Topliss-reactive ketones (excluding diaryl/α,β-unsaturated/α-hetero) is 1. The Morgan fingerprint density at radius 3 is 3.00 bits per heavy atom. The van der Waals surface area contributed by atoms with Gasteiger partial charge >= 0.3 is 0 Å². The lowest BCUT2D eigenvalue weighted by molar-refractivity contribution is 0.0859. The quantitative estimate of drug-likeness (QED) is 0.779. The van der Waals surface area contributed by atoms with Gasteiger partial charge in [0.1, 0.15) is 5.75 Å². The summed E-state index contributed by atoms with van der Waals surface area (Å²) < 4.78 is 11.5. The first-order chi connectivity index (χ1) is 8.70. The summed E-state index contributed by atoms with van der Waals surface area (Å²) >= 11 is 3.39. The molecular weight excluding hydrogens is 296 g/mol. The Labute approximate surface area is 116 Å². The topological polar surface area (TPSA) is 35.5 Å². The fourth-order valence-corrected chi connectivity index (χ4v) is 2.69. The van der Waals surface area contributed by atoms with Gasteiger partial charge in [-0.1, -0.05) is 0 Å². The normalized spacial score (nSPS) is 18.9. The molecule has 0 amide bonds. The van der Waals surface area contributed by atoms with E-state index >= 15 is 0 Å². The molecule has 2 rings (SSSR count). The number of carbonyl (C=O) groups is 1. The van der Waals surface area contributed by atoms with Crippen LogP contribution in [0.5, 0.6) is 5.75 Å². The second-order valence-corrected chi connectivity index (χ2v) is 5.30. The minimum Gasteiger partial charge on any atom is -0.496 e. The maximum Gasteiger partial charge on any atom is 0.163 e. The Bertz CT molecular complexity index is 425. The summed E-state index contributed by atoms with van der Waals surface area (Å²) in [7, 11) is 1.61. The van der Waals surface area contributed by atoms with Gasteiger partial charge in [-0.05, 0) is 53.4 Å². The van der Waals surface area contributed by atoms with Crippen molar-refractivity contribution >= 4 is 21.7 Å². The molecule has 1 atom stereocenters. The summed E-state index contributed by atoms with van der Waals surface area (Å²) in [5, 5.41) is 0. The maximum atomic E-state index is 12.0. The lowest BCUT2D eigenvalue weighted by atomic mass is 10.0. The van der Waals surface area contributed by atoms with Crippen molar-refractivity contribution in [3.05, 3.63) is 28.2 Å². The lowest BCUT2D eigenvalue weighted by Gasteiger charge is -2.09. The summed E-state index contributed by atoms with van der Waals surface area (Å²) in [4.78, 5) is 12.0. The number of ether oxygens (including phenoxy) is 2. The molecule has 1 aromatic rings. The zero-order valence-corrected chi connectivity index (χ0v) is 12.0. The van der Waals surface area contributed by atoms with Crippen molar-refractivity contribution < 1.29 is 14.3 Å². The van der Waals surface area contributed by atoms with E-state index in [4.69, 9.17) is 9.47 Å². The lowest BCUT2D eigenvalue weighted by Crippen LogP contribution is -2.08. The van der Waals surface area contributed by atoms with Crippen LogP contribution in [0.3, 0.4) is 0 Å². The van der Waals surface area contributed by atoms with Crippen LogP contribution in [0.1, 0.15) is 36.0 Å². The predicted molar refractivity (Wildman–Crippen MR) is 73.2 cm³/mol. The monoisotopic (exact) mass is 312 g/mol. The van der Waals surface area contributed by atoms with Crippen LogP contribution in [0.15, 0.2) is 22.7 Å². The highest BCUT2D eigenvalue weighted by Gasteiger charge is 2.17. The Morgan fingerprint density at radius 1 is 1.56 bits per heavy atom. The number of rotatable bonds is 5. The van der Waals surface area contributed by atoms with Crippen LogP contribution in [-0.4, -0.2) is 25.6 Å². The summed E-state index contributed by atoms with van der Waals surface area (Å²) in [6.07, 6.45) is 3.84. The molecule has 0 N–H and O–H groups in total. The van der Waals surface area contributed by atoms with E-state index in [2.05, 4.69) is 15.9 Å². The molecule has 98 valence electrons. The van der Waals surface area contributed by atoms with Crippen LogP contribution in [-0.2, 0) is 4.74 Å². The SMILES string of the molecule is COc1ccc(C(=O)CCC2CCCO2)cc1Br. The third-order valence-corrected chi connectivity index (χ3v) is 3.81. The van der Waals surface area contributed by atoms with Crippen molar-refractivity contribution in [1.82, 2.24) is 0 Å². The molecule has 3 nitrogen and oxygen atoms in total. The zero-order chi connectivity index (χ0) is 13.0. The Kier molecular flexibility index (Phi) is 4.78. The highest BCUT2D eigenvalue weighted by molar-refractivity contribution is 9.10. The molecule has 0 bridgehead atoms. The van der Waals surface area contributed by atoms with E-state index in [0.717, 1.165) is 41.7 Å². The predicted octanol–water partition coefficient (Wildman–Crippen LogP) is 3.60. The minimum atomic E-state index is 0.161. The molecule has 4 heteroatoms. The first kappa shape index (κ1) is 13.6. The average Bonchev–Trinajstić information content (AvgIpc) is 2.89. The van der Waals surface area contributed by atoms with Crippen molar-refractivity contribution in [3.63, 3.8) is 0 Å². The molecule has 18 heavy (non-hydrogen) atoms. The van der Waals surface area contributed by atoms with Crippen LogP contribution in [0, 0.1) is 0 Å². The molecule has 1 heterocycles. The number of methoxy groups -OCH3 is 1. The van der Waals surface area contributed by atoms with Crippen molar-refractivity contribution in [2.75, 3.05) is 13.7 Å². The molecule has 1 saturated heterocycles.